The van der Waals surface area contributed by atoms with E-state index in [1.165, 1.54) is 12.0 Å². The molecule has 17 heavy (non-hydrogen) atoms. The molecule has 92 valence electrons. The molecule has 1 aromatic rings. The van der Waals surface area contributed by atoms with E-state index in [9.17, 15) is 0 Å². The molecule has 1 aliphatic heterocycles. The summed E-state index contributed by atoms with van der Waals surface area (Å²) in [5.41, 5.74) is 2.09. The van der Waals surface area contributed by atoms with Crippen molar-refractivity contribution in [3.05, 3.63) is 33.8 Å². The topological polar surface area (TPSA) is 12.0 Å². The fraction of sp³-hybridized carbons (Fsp3) is 0.571. The maximum Gasteiger partial charge on any atom is 0.0595 e. The highest BCUT2D eigenvalue weighted by atomic mass is 35.5. The summed E-state index contributed by atoms with van der Waals surface area (Å²) in [6, 6.07) is 6.13. The molecule has 1 aromatic carbocycles. The van der Waals surface area contributed by atoms with Crippen LogP contribution in [0.2, 0.25) is 10.0 Å². The van der Waals surface area contributed by atoms with Crippen LogP contribution < -0.4 is 5.32 Å². The lowest BCUT2D eigenvalue weighted by Crippen LogP contribution is -2.21. The molecule has 2 unspecified atom stereocenters. The van der Waals surface area contributed by atoms with Crippen LogP contribution in [0.25, 0.3) is 0 Å². The first-order valence-corrected chi connectivity index (χ1v) is 6.94. The molecule has 2 atom stereocenters. The van der Waals surface area contributed by atoms with Gasteiger partial charge in [-0.1, -0.05) is 43.1 Å². The van der Waals surface area contributed by atoms with E-state index in [4.69, 9.17) is 23.2 Å². The second kappa shape index (κ2) is 3.63. The molecule has 1 N–H and O–H groups in total. The molecule has 0 aromatic heterocycles. The monoisotopic (exact) mass is 269 g/mol. The maximum atomic E-state index is 6.15. The summed E-state index contributed by atoms with van der Waals surface area (Å²) in [5.74, 6) is 0.701. The van der Waals surface area contributed by atoms with Crippen molar-refractivity contribution in [2.75, 3.05) is 13.1 Å². The van der Waals surface area contributed by atoms with Crippen molar-refractivity contribution in [3.63, 3.8) is 0 Å². The van der Waals surface area contributed by atoms with Gasteiger partial charge in [-0.25, -0.2) is 0 Å². The van der Waals surface area contributed by atoms with Gasteiger partial charge in [0.15, 0.2) is 0 Å². The minimum absolute atomic E-state index is 0.301. The fourth-order valence-corrected chi connectivity index (χ4v) is 4.01. The van der Waals surface area contributed by atoms with Crippen molar-refractivity contribution in [3.8, 4) is 0 Å². The number of rotatable bonds is 2. The van der Waals surface area contributed by atoms with Crippen LogP contribution in [-0.2, 0) is 5.41 Å². The molecule has 1 saturated heterocycles. The van der Waals surface area contributed by atoms with E-state index in [1.54, 1.807) is 0 Å². The summed E-state index contributed by atoms with van der Waals surface area (Å²) in [5, 5.41) is 4.86. The second-order valence-electron chi connectivity index (χ2n) is 5.80. The standard InChI is InChI=1S/C14H17Cl2N/c1-9(2)13-6-14(13,8-17-7-13)10-3-4-11(15)12(16)5-10/h3-5,9,17H,6-8H2,1-2H3. The highest BCUT2D eigenvalue weighted by Crippen LogP contribution is 2.70. The van der Waals surface area contributed by atoms with Gasteiger partial charge in [0.2, 0.25) is 0 Å². The summed E-state index contributed by atoms with van der Waals surface area (Å²) >= 11 is 12.1. The Labute approximate surface area is 112 Å². The van der Waals surface area contributed by atoms with Gasteiger partial charge in [0.25, 0.3) is 0 Å². The first-order chi connectivity index (χ1) is 8.02. The minimum atomic E-state index is 0.301. The number of piperidine rings is 1. The van der Waals surface area contributed by atoms with E-state index >= 15 is 0 Å². The zero-order valence-electron chi connectivity index (χ0n) is 10.2. The predicted molar refractivity (Wildman–Crippen MR) is 72.9 cm³/mol. The summed E-state index contributed by atoms with van der Waals surface area (Å²) in [6.45, 7) is 6.85. The fourth-order valence-electron chi connectivity index (χ4n) is 3.71. The lowest BCUT2D eigenvalue weighted by atomic mass is 9.82. The van der Waals surface area contributed by atoms with Crippen LogP contribution in [0.4, 0.5) is 0 Å². The van der Waals surface area contributed by atoms with Gasteiger partial charge in [-0.05, 0) is 35.4 Å². The van der Waals surface area contributed by atoms with Crippen LogP contribution in [0.1, 0.15) is 25.8 Å². The van der Waals surface area contributed by atoms with Gasteiger partial charge in [-0.3, -0.25) is 0 Å². The summed E-state index contributed by atoms with van der Waals surface area (Å²) < 4.78 is 0. The van der Waals surface area contributed by atoms with Gasteiger partial charge in [-0.15, -0.1) is 0 Å². The molecule has 3 rings (SSSR count). The lowest BCUT2D eigenvalue weighted by molar-refractivity contribution is 0.350. The van der Waals surface area contributed by atoms with Gasteiger partial charge >= 0.3 is 0 Å². The Hall–Kier alpha value is -0.240. The van der Waals surface area contributed by atoms with Gasteiger partial charge in [0, 0.05) is 18.5 Å². The van der Waals surface area contributed by atoms with E-state index in [0.717, 1.165) is 13.1 Å². The van der Waals surface area contributed by atoms with E-state index < -0.39 is 0 Å². The van der Waals surface area contributed by atoms with Crippen LogP contribution in [0.15, 0.2) is 18.2 Å². The molecule has 1 nitrogen and oxygen atoms in total. The van der Waals surface area contributed by atoms with Crippen molar-refractivity contribution in [2.45, 2.75) is 25.7 Å². The normalized spacial score (nSPS) is 35.1. The Kier molecular flexibility index (Phi) is 2.52. The van der Waals surface area contributed by atoms with Gasteiger partial charge in [0.1, 0.15) is 0 Å². The molecular formula is C14H17Cl2N. The molecule has 1 heterocycles. The zero-order chi connectivity index (χ0) is 12.3. The van der Waals surface area contributed by atoms with Gasteiger partial charge in [0.05, 0.1) is 10.0 Å². The van der Waals surface area contributed by atoms with Crippen molar-refractivity contribution in [2.24, 2.45) is 11.3 Å². The molecule has 0 spiro atoms. The Balaban J connectivity index is 2.03. The van der Waals surface area contributed by atoms with E-state index in [1.807, 2.05) is 6.07 Å². The Morgan fingerprint density at radius 3 is 2.53 bits per heavy atom. The third-order valence-corrected chi connectivity index (χ3v) is 5.63. The third kappa shape index (κ3) is 1.43. The van der Waals surface area contributed by atoms with Crippen molar-refractivity contribution in [1.29, 1.82) is 0 Å². The van der Waals surface area contributed by atoms with E-state index in [2.05, 4.69) is 31.3 Å². The molecule has 0 amide bonds. The number of hydrogen-bond acceptors (Lipinski definition) is 1. The highest BCUT2D eigenvalue weighted by Gasteiger charge is 2.71. The largest absolute Gasteiger partial charge is 0.315 e. The number of benzene rings is 1. The Morgan fingerprint density at radius 1 is 1.18 bits per heavy atom. The Morgan fingerprint density at radius 2 is 1.94 bits per heavy atom. The third-order valence-electron chi connectivity index (χ3n) is 4.89. The molecule has 2 fully saturated rings. The SMILES string of the molecule is CC(C)C12CNCC1(c1ccc(Cl)c(Cl)c1)C2. The molecule has 1 saturated carbocycles. The summed E-state index contributed by atoms with van der Waals surface area (Å²) in [7, 11) is 0. The second-order valence-corrected chi connectivity index (χ2v) is 6.62. The zero-order valence-corrected chi connectivity index (χ0v) is 11.7. The number of fused-ring (bicyclic) bond motifs is 1. The van der Waals surface area contributed by atoms with Gasteiger partial charge < -0.3 is 5.32 Å². The van der Waals surface area contributed by atoms with Crippen LogP contribution in [0.5, 0.6) is 0 Å². The van der Waals surface area contributed by atoms with Crippen LogP contribution >= 0.6 is 23.2 Å². The molecule has 1 aliphatic carbocycles. The average Bonchev–Trinajstić information content (AvgIpc) is 2.82. The molecule has 2 aliphatic rings. The van der Waals surface area contributed by atoms with Crippen molar-refractivity contribution < 1.29 is 0 Å². The maximum absolute atomic E-state index is 6.15. The number of hydrogen-bond donors (Lipinski definition) is 1. The Bertz CT molecular complexity index is 471. The van der Waals surface area contributed by atoms with Crippen LogP contribution in [-0.4, -0.2) is 13.1 Å². The number of nitrogens with one attached hydrogen (secondary N) is 1. The molecular weight excluding hydrogens is 253 g/mol. The van der Waals surface area contributed by atoms with Crippen molar-refractivity contribution in [1.82, 2.24) is 5.32 Å². The van der Waals surface area contributed by atoms with Gasteiger partial charge in [-0.2, -0.15) is 0 Å². The smallest absolute Gasteiger partial charge is 0.0595 e. The first kappa shape index (κ1) is 11.8. The summed E-state index contributed by atoms with van der Waals surface area (Å²) in [4.78, 5) is 0. The minimum Gasteiger partial charge on any atom is -0.315 e. The van der Waals surface area contributed by atoms with Crippen LogP contribution in [0, 0.1) is 11.3 Å². The van der Waals surface area contributed by atoms with E-state index in [-0.39, 0.29) is 0 Å². The molecule has 0 radical (unpaired) electrons. The van der Waals surface area contributed by atoms with Crippen molar-refractivity contribution >= 4 is 23.2 Å². The number of halogens is 2. The quantitative estimate of drug-likeness (QED) is 0.860. The lowest BCUT2D eigenvalue weighted by Gasteiger charge is -2.21. The predicted octanol–water partition coefficient (Wildman–Crippen LogP) is 3.88. The average molecular weight is 270 g/mol. The molecule has 3 heteroatoms. The van der Waals surface area contributed by atoms with E-state index in [0.29, 0.717) is 26.8 Å². The summed E-state index contributed by atoms with van der Waals surface area (Å²) in [6.07, 6.45) is 1.28. The highest BCUT2D eigenvalue weighted by molar-refractivity contribution is 6.42. The van der Waals surface area contributed by atoms with Crippen LogP contribution in [0.3, 0.4) is 0 Å². The first-order valence-electron chi connectivity index (χ1n) is 6.18. The molecule has 0 bridgehead atoms.